The number of carbonyl (C=O) groups is 2. The molecule has 1 aliphatic rings. The molecule has 3 nitrogen and oxygen atoms in total. The average Bonchev–Trinajstić information content (AvgIpc) is 2.17. The Kier molecular flexibility index (Phi) is 2.20. The molecule has 15 heavy (non-hydrogen) atoms. The van der Waals surface area contributed by atoms with Crippen LogP contribution in [0.25, 0.3) is 0 Å². The summed E-state index contributed by atoms with van der Waals surface area (Å²) in [5.41, 5.74) is 4.31. The van der Waals surface area contributed by atoms with Gasteiger partial charge in [0.25, 0.3) is 0 Å². The molecular formula is C12H12O3. The Hall–Kier alpha value is -1.48. The first kappa shape index (κ1) is 10.1. The first-order valence-corrected chi connectivity index (χ1v) is 4.86. The summed E-state index contributed by atoms with van der Waals surface area (Å²) in [5, 5.41) is 9.58. The fraction of sp³-hybridized carbons (Fsp3) is 0.333. The lowest BCUT2D eigenvalue weighted by Crippen LogP contribution is -2.23. The molecule has 1 N–H and O–H groups in total. The maximum atomic E-state index is 10.9. The second-order valence-electron chi connectivity index (χ2n) is 3.93. The van der Waals surface area contributed by atoms with Crippen LogP contribution < -0.4 is 0 Å². The van der Waals surface area contributed by atoms with E-state index in [1.807, 2.05) is 6.92 Å². The highest BCUT2D eigenvalue weighted by Gasteiger charge is 2.31. The largest absolute Gasteiger partial charge is 0.388 e. The summed E-state index contributed by atoms with van der Waals surface area (Å²) < 4.78 is 0. The second kappa shape index (κ2) is 3.28. The van der Waals surface area contributed by atoms with E-state index < -0.39 is 6.10 Å². The van der Waals surface area contributed by atoms with E-state index in [0.717, 1.165) is 34.8 Å². The van der Waals surface area contributed by atoms with Gasteiger partial charge in [0.1, 0.15) is 0 Å². The van der Waals surface area contributed by atoms with Gasteiger partial charge in [0.05, 0.1) is 6.10 Å². The molecule has 1 aromatic carbocycles. The van der Waals surface area contributed by atoms with E-state index in [1.165, 1.54) is 0 Å². The van der Waals surface area contributed by atoms with Crippen LogP contribution in [-0.4, -0.2) is 17.7 Å². The number of benzene rings is 1. The highest BCUT2D eigenvalue weighted by atomic mass is 16.3. The van der Waals surface area contributed by atoms with Gasteiger partial charge < -0.3 is 5.11 Å². The maximum absolute atomic E-state index is 10.9. The van der Waals surface area contributed by atoms with Gasteiger partial charge in [-0.3, -0.25) is 9.59 Å². The first-order chi connectivity index (χ1) is 7.11. The third kappa shape index (κ3) is 1.16. The van der Waals surface area contributed by atoms with Crippen molar-refractivity contribution in [1.82, 2.24) is 0 Å². The van der Waals surface area contributed by atoms with E-state index in [-0.39, 0.29) is 0 Å². The highest BCUT2D eigenvalue weighted by molar-refractivity contribution is 5.90. The number of carbonyl (C=O) groups excluding carboxylic acids is 2. The van der Waals surface area contributed by atoms with Gasteiger partial charge in [-0.15, -0.1) is 0 Å². The van der Waals surface area contributed by atoms with Crippen molar-refractivity contribution in [2.45, 2.75) is 26.4 Å². The van der Waals surface area contributed by atoms with Crippen LogP contribution in [0.4, 0.5) is 0 Å². The number of hydrogen-bond donors (Lipinski definition) is 1. The van der Waals surface area contributed by atoms with Gasteiger partial charge in [0.2, 0.25) is 0 Å². The second-order valence-corrected chi connectivity index (χ2v) is 3.93. The van der Waals surface area contributed by atoms with E-state index in [9.17, 15) is 14.7 Å². The van der Waals surface area contributed by atoms with Crippen LogP contribution in [0.2, 0.25) is 0 Å². The quantitative estimate of drug-likeness (QED) is 0.743. The summed E-state index contributed by atoms with van der Waals surface area (Å²) >= 11 is 0. The van der Waals surface area contributed by atoms with Crippen molar-refractivity contribution in [3.05, 3.63) is 33.4 Å². The molecule has 1 aromatic rings. The molecule has 0 amide bonds. The van der Waals surface area contributed by atoms with Crippen molar-refractivity contribution in [1.29, 1.82) is 0 Å². The SMILES string of the molecule is Cc1c(C=O)c(C)c2c(c1C=O)CC2O. The molecule has 0 aromatic heterocycles. The molecule has 0 spiro atoms. The van der Waals surface area contributed by atoms with Gasteiger partial charge in [-0.1, -0.05) is 0 Å². The van der Waals surface area contributed by atoms with Crippen molar-refractivity contribution in [2.24, 2.45) is 0 Å². The monoisotopic (exact) mass is 204 g/mol. The summed E-state index contributed by atoms with van der Waals surface area (Å²) in [7, 11) is 0. The van der Waals surface area contributed by atoms with Crippen LogP contribution in [-0.2, 0) is 6.42 Å². The van der Waals surface area contributed by atoms with Crippen LogP contribution in [0.5, 0.6) is 0 Å². The third-order valence-electron chi connectivity index (χ3n) is 3.23. The van der Waals surface area contributed by atoms with Crippen LogP contribution in [0.3, 0.4) is 0 Å². The van der Waals surface area contributed by atoms with Gasteiger partial charge in [-0.2, -0.15) is 0 Å². The van der Waals surface area contributed by atoms with Crippen LogP contribution in [0, 0.1) is 13.8 Å². The Labute approximate surface area is 87.7 Å². The summed E-state index contributed by atoms with van der Waals surface area (Å²) in [6, 6.07) is 0. The summed E-state index contributed by atoms with van der Waals surface area (Å²) in [6.45, 7) is 3.58. The Morgan fingerprint density at radius 2 is 1.73 bits per heavy atom. The lowest BCUT2D eigenvalue weighted by Gasteiger charge is -2.31. The van der Waals surface area contributed by atoms with Crippen LogP contribution >= 0.6 is 0 Å². The summed E-state index contributed by atoms with van der Waals surface area (Å²) in [5.74, 6) is 0. The first-order valence-electron chi connectivity index (χ1n) is 4.86. The molecule has 0 heterocycles. The molecule has 0 fully saturated rings. The minimum atomic E-state index is -0.516. The molecule has 0 saturated carbocycles. The van der Waals surface area contributed by atoms with Gasteiger partial charge >= 0.3 is 0 Å². The number of aldehydes is 2. The van der Waals surface area contributed by atoms with Crippen molar-refractivity contribution in [3.8, 4) is 0 Å². The minimum absolute atomic E-state index is 0.516. The molecule has 3 heteroatoms. The standard InChI is InChI=1S/C12H12O3/c1-6-9(4-13)7(2)12-8(3-11(12)15)10(6)5-14/h4-5,11,15H,3H2,1-2H3. The zero-order chi connectivity index (χ0) is 11.2. The normalized spacial score (nSPS) is 17.9. The molecule has 2 rings (SSSR count). The van der Waals surface area contributed by atoms with Crippen molar-refractivity contribution in [2.75, 3.05) is 0 Å². The third-order valence-corrected chi connectivity index (χ3v) is 3.23. The zero-order valence-electron chi connectivity index (χ0n) is 8.70. The molecule has 0 aliphatic heterocycles. The maximum Gasteiger partial charge on any atom is 0.150 e. The summed E-state index contributed by atoms with van der Waals surface area (Å²) in [6.07, 6.45) is 1.53. The number of aliphatic hydroxyl groups is 1. The predicted octanol–water partition coefficient (Wildman–Crippen LogP) is 1.52. The topological polar surface area (TPSA) is 54.4 Å². The van der Waals surface area contributed by atoms with Crippen molar-refractivity contribution < 1.29 is 14.7 Å². The fourth-order valence-corrected chi connectivity index (χ4v) is 2.34. The van der Waals surface area contributed by atoms with Crippen molar-refractivity contribution in [3.63, 3.8) is 0 Å². The van der Waals surface area contributed by atoms with Gasteiger partial charge in [0, 0.05) is 17.5 Å². The van der Waals surface area contributed by atoms with Gasteiger partial charge in [-0.05, 0) is 36.1 Å². The zero-order valence-corrected chi connectivity index (χ0v) is 8.70. The molecule has 1 atom stereocenters. The molecule has 1 unspecified atom stereocenters. The lowest BCUT2D eigenvalue weighted by molar-refractivity contribution is 0.111. The number of fused-ring (bicyclic) bond motifs is 1. The molecule has 0 bridgehead atoms. The fourth-order valence-electron chi connectivity index (χ4n) is 2.34. The van der Waals surface area contributed by atoms with Crippen LogP contribution in [0.15, 0.2) is 0 Å². The highest BCUT2D eigenvalue weighted by Crippen LogP contribution is 2.40. The number of aliphatic hydroxyl groups excluding tert-OH is 1. The van der Waals surface area contributed by atoms with Gasteiger partial charge in [0.15, 0.2) is 12.6 Å². The van der Waals surface area contributed by atoms with Crippen LogP contribution in [0.1, 0.15) is 49.1 Å². The molecule has 78 valence electrons. The van der Waals surface area contributed by atoms with E-state index >= 15 is 0 Å². The van der Waals surface area contributed by atoms with E-state index in [4.69, 9.17) is 0 Å². The molecule has 1 aliphatic carbocycles. The number of rotatable bonds is 2. The van der Waals surface area contributed by atoms with E-state index in [2.05, 4.69) is 0 Å². The summed E-state index contributed by atoms with van der Waals surface area (Å²) in [4.78, 5) is 21.8. The Bertz CT molecular complexity index is 431. The number of hydrogen-bond acceptors (Lipinski definition) is 3. The average molecular weight is 204 g/mol. The Morgan fingerprint density at radius 3 is 2.20 bits per heavy atom. The lowest BCUT2D eigenvalue weighted by atomic mass is 9.76. The smallest absolute Gasteiger partial charge is 0.150 e. The molecule has 0 radical (unpaired) electrons. The Balaban J connectivity index is 2.81. The minimum Gasteiger partial charge on any atom is -0.388 e. The molecule has 0 saturated heterocycles. The predicted molar refractivity (Wildman–Crippen MR) is 55.4 cm³/mol. The van der Waals surface area contributed by atoms with E-state index in [1.54, 1.807) is 6.92 Å². The van der Waals surface area contributed by atoms with E-state index in [0.29, 0.717) is 17.5 Å². The molecular weight excluding hydrogens is 192 g/mol. The van der Waals surface area contributed by atoms with Gasteiger partial charge in [-0.25, -0.2) is 0 Å². The van der Waals surface area contributed by atoms with Crippen molar-refractivity contribution >= 4 is 12.6 Å². The Morgan fingerprint density at radius 1 is 1.13 bits per heavy atom.